The number of rotatable bonds is 1. The molecule has 0 amide bonds. The van der Waals surface area contributed by atoms with E-state index in [-0.39, 0.29) is 20.1 Å². The molecule has 2 aromatic heterocycles. The van der Waals surface area contributed by atoms with Crippen LogP contribution >= 0.6 is 11.3 Å². The Hall–Kier alpha value is -1.23. The number of benzene rings is 1. The molecule has 0 saturated carbocycles. The van der Waals surface area contributed by atoms with E-state index < -0.39 is 11.7 Å². The number of nitrogens with zero attached hydrogens (tertiary/aromatic N) is 1. The van der Waals surface area contributed by atoms with Crippen LogP contribution in [0.1, 0.15) is 5.56 Å². The van der Waals surface area contributed by atoms with Crippen LogP contribution in [0.2, 0.25) is 0 Å². The maximum atomic E-state index is 12.4. The van der Waals surface area contributed by atoms with Gasteiger partial charge >= 0.3 is 6.18 Å². The van der Waals surface area contributed by atoms with Crippen molar-refractivity contribution in [2.45, 2.75) is 6.18 Å². The minimum Gasteiger partial charge on any atom is -0.303 e. The molecule has 0 unspecified atom stereocenters. The minimum atomic E-state index is -4.35. The second kappa shape index (κ2) is 5.64. The fraction of sp³-hybridized carbons (Fsp3) is 0.0714. The summed E-state index contributed by atoms with van der Waals surface area (Å²) < 4.78 is 38.4. The van der Waals surface area contributed by atoms with Crippen LogP contribution in [0, 0.1) is 6.07 Å². The van der Waals surface area contributed by atoms with Crippen LogP contribution in [0.5, 0.6) is 0 Å². The van der Waals surface area contributed by atoms with E-state index in [4.69, 9.17) is 0 Å². The number of aromatic nitrogens is 1. The first-order valence-electron chi connectivity index (χ1n) is 5.48. The summed E-state index contributed by atoms with van der Waals surface area (Å²) in [5.74, 6) is 0. The Morgan fingerprint density at radius 2 is 1.80 bits per heavy atom. The summed E-state index contributed by atoms with van der Waals surface area (Å²) in [6, 6.07) is 13.2. The number of fused-ring (bicyclic) bond motifs is 1. The molecule has 0 spiro atoms. The molecule has 105 valence electrons. The van der Waals surface area contributed by atoms with Crippen LogP contribution in [-0.4, -0.2) is 4.98 Å². The number of hydrogen-bond acceptors (Lipinski definition) is 2. The van der Waals surface area contributed by atoms with Gasteiger partial charge in [-0.05, 0) is 9.58 Å². The van der Waals surface area contributed by atoms with E-state index in [1.54, 1.807) is 0 Å². The topological polar surface area (TPSA) is 12.9 Å². The van der Waals surface area contributed by atoms with Crippen molar-refractivity contribution in [1.29, 1.82) is 0 Å². The number of alkyl halides is 3. The van der Waals surface area contributed by atoms with E-state index >= 15 is 0 Å². The molecule has 0 aliphatic heterocycles. The van der Waals surface area contributed by atoms with E-state index in [1.807, 2.05) is 24.3 Å². The van der Waals surface area contributed by atoms with Crippen LogP contribution in [0.3, 0.4) is 0 Å². The van der Waals surface area contributed by atoms with Gasteiger partial charge in [0, 0.05) is 32.0 Å². The quantitative estimate of drug-likeness (QED) is 0.467. The zero-order chi connectivity index (χ0) is 13.5. The summed E-state index contributed by atoms with van der Waals surface area (Å²) in [6.45, 7) is 0. The van der Waals surface area contributed by atoms with Gasteiger partial charge in [-0.3, -0.25) is 0 Å². The molecule has 20 heavy (non-hydrogen) atoms. The van der Waals surface area contributed by atoms with Gasteiger partial charge in [0.1, 0.15) is 0 Å². The molecular weight excluding hydrogens is 463 g/mol. The molecule has 1 aromatic carbocycles. The first-order chi connectivity index (χ1) is 9.04. The molecule has 0 saturated heterocycles. The van der Waals surface area contributed by atoms with E-state index in [0.29, 0.717) is 5.69 Å². The van der Waals surface area contributed by atoms with Crippen molar-refractivity contribution in [2.24, 2.45) is 0 Å². The van der Waals surface area contributed by atoms with Crippen molar-refractivity contribution in [3.05, 3.63) is 54.2 Å². The SMILES string of the molecule is FC(F)(F)c1ccc(-c2[c-]c3ccccc3s2)nc1.[Ir]. The molecule has 0 atom stereocenters. The summed E-state index contributed by atoms with van der Waals surface area (Å²) in [5, 5.41) is 0.948. The summed E-state index contributed by atoms with van der Waals surface area (Å²) in [7, 11) is 0. The second-order valence-electron chi connectivity index (χ2n) is 3.98. The Balaban J connectivity index is 0.00000147. The van der Waals surface area contributed by atoms with E-state index in [0.717, 1.165) is 27.2 Å². The third-order valence-electron chi connectivity index (χ3n) is 2.67. The molecule has 3 aromatic rings. The molecule has 1 radical (unpaired) electrons. The van der Waals surface area contributed by atoms with Gasteiger partial charge in [0.2, 0.25) is 0 Å². The van der Waals surface area contributed by atoms with Crippen molar-refractivity contribution in [1.82, 2.24) is 4.98 Å². The molecule has 0 aliphatic rings. The summed E-state index contributed by atoms with van der Waals surface area (Å²) in [4.78, 5) is 4.62. The van der Waals surface area contributed by atoms with Crippen LogP contribution in [0.25, 0.3) is 20.7 Å². The zero-order valence-electron chi connectivity index (χ0n) is 9.86. The van der Waals surface area contributed by atoms with E-state index in [1.165, 1.54) is 17.4 Å². The Morgan fingerprint density at radius 1 is 1.05 bits per heavy atom. The monoisotopic (exact) mass is 471 g/mol. The van der Waals surface area contributed by atoms with Crippen molar-refractivity contribution in [2.75, 3.05) is 0 Å². The van der Waals surface area contributed by atoms with Crippen molar-refractivity contribution in [3.8, 4) is 10.6 Å². The molecule has 2 heterocycles. The fourth-order valence-corrected chi connectivity index (χ4v) is 2.71. The largest absolute Gasteiger partial charge is 0.417 e. The summed E-state index contributed by atoms with van der Waals surface area (Å²) >= 11 is 1.46. The first kappa shape index (κ1) is 15.2. The number of halogens is 3. The van der Waals surface area contributed by atoms with Crippen LogP contribution in [-0.2, 0) is 26.3 Å². The second-order valence-corrected chi connectivity index (χ2v) is 5.03. The zero-order valence-corrected chi connectivity index (χ0v) is 13.1. The first-order valence-corrected chi connectivity index (χ1v) is 6.30. The molecule has 0 aliphatic carbocycles. The van der Waals surface area contributed by atoms with Gasteiger partial charge in [-0.1, -0.05) is 24.3 Å². The summed E-state index contributed by atoms with van der Waals surface area (Å²) in [5.41, 5.74) is -0.230. The minimum absolute atomic E-state index is 0. The molecule has 0 N–H and O–H groups in total. The van der Waals surface area contributed by atoms with Gasteiger partial charge in [-0.15, -0.1) is 23.6 Å². The molecule has 6 heteroatoms. The van der Waals surface area contributed by atoms with Crippen molar-refractivity contribution in [3.63, 3.8) is 0 Å². The van der Waals surface area contributed by atoms with E-state index in [9.17, 15) is 13.2 Å². The number of hydrogen-bond donors (Lipinski definition) is 0. The van der Waals surface area contributed by atoms with Gasteiger partial charge in [0.05, 0.1) is 5.56 Å². The maximum Gasteiger partial charge on any atom is 0.417 e. The molecule has 0 bridgehead atoms. The predicted octanol–water partition coefficient (Wildman–Crippen LogP) is 4.78. The third kappa shape index (κ3) is 2.92. The van der Waals surface area contributed by atoms with Gasteiger partial charge in [-0.2, -0.15) is 13.2 Å². The molecule has 3 rings (SSSR count). The Kier molecular flexibility index (Phi) is 4.28. The van der Waals surface area contributed by atoms with Crippen molar-refractivity contribution < 1.29 is 33.3 Å². The van der Waals surface area contributed by atoms with E-state index in [2.05, 4.69) is 11.1 Å². The number of pyridine rings is 1. The summed E-state index contributed by atoms with van der Waals surface area (Å²) in [6.07, 6.45) is -3.50. The number of thiophene rings is 1. The average molecular weight is 470 g/mol. The maximum absolute atomic E-state index is 12.4. The molecule has 1 nitrogen and oxygen atoms in total. The Morgan fingerprint density at radius 3 is 2.40 bits per heavy atom. The standard InChI is InChI=1S/C14H7F3NS.Ir/c15-14(16,17)10-5-6-11(18-8-10)13-7-9-3-1-2-4-12(9)19-13;/h1-6,8H;/q-1;. The Bertz CT molecular complexity index is 686. The van der Waals surface area contributed by atoms with Gasteiger partial charge < -0.3 is 4.98 Å². The fourth-order valence-electron chi connectivity index (χ4n) is 1.73. The predicted molar refractivity (Wildman–Crippen MR) is 68.9 cm³/mol. The average Bonchev–Trinajstić information content (AvgIpc) is 2.81. The van der Waals surface area contributed by atoms with Crippen LogP contribution in [0.15, 0.2) is 42.6 Å². The van der Waals surface area contributed by atoms with Gasteiger partial charge in [-0.25, -0.2) is 11.3 Å². The van der Waals surface area contributed by atoms with Crippen LogP contribution in [0.4, 0.5) is 13.2 Å². The smallest absolute Gasteiger partial charge is 0.303 e. The third-order valence-corrected chi connectivity index (χ3v) is 3.76. The van der Waals surface area contributed by atoms with Crippen molar-refractivity contribution >= 4 is 21.4 Å². The van der Waals surface area contributed by atoms with Gasteiger partial charge in [0.25, 0.3) is 0 Å². The molecule has 0 fully saturated rings. The molecular formula is C14H7F3IrNS-. The Labute approximate surface area is 130 Å². The van der Waals surface area contributed by atoms with Crippen LogP contribution < -0.4 is 0 Å². The van der Waals surface area contributed by atoms with Gasteiger partial charge in [0.15, 0.2) is 0 Å². The normalized spacial score (nSPS) is 11.3.